The number of hydrogen-bond acceptors (Lipinski definition) is 2. The molecule has 0 unspecified atom stereocenters. The zero-order chi connectivity index (χ0) is 10.3. The van der Waals surface area contributed by atoms with Crippen molar-refractivity contribution < 1.29 is 4.79 Å². The van der Waals surface area contributed by atoms with Gasteiger partial charge >= 0.3 is 0 Å². The Labute approximate surface area is 79.8 Å². The van der Waals surface area contributed by atoms with Crippen LogP contribution in [0.2, 0.25) is 0 Å². The highest BCUT2D eigenvalue weighted by atomic mass is 16.1. The Bertz CT molecular complexity index is 259. The second-order valence-electron chi connectivity index (χ2n) is 2.49. The predicted molar refractivity (Wildman–Crippen MR) is 56.1 cm³/mol. The van der Waals surface area contributed by atoms with E-state index >= 15 is 0 Å². The third-order valence-corrected chi connectivity index (χ3v) is 1.55. The molecule has 0 saturated heterocycles. The van der Waals surface area contributed by atoms with Gasteiger partial charge in [0, 0.05) is 11.3 Å². The SMILES string of the molecule is CC.CC(=O)C1=CCC=C(N)C=C1. The van der Waals surface area contributed by atoms with Gasteiger partial charge in [-0.25, -0.2) is 0 Å². The van der Waals surface area contributed by atoms with Crippen molar-refractivity contribution in [3.8, 4) is 0 Å². The van der Waals surface area contributed by atoms with E-state index in [2.05, 4.69) is 0 Å². The van der Waals surface area contributed by atoms with Crippen molar-refractivity contribution in [2.75, 3.05) is 0 Å². The third kappa shape index (κ3) is 4.31. The van der Waals surface area contributed by atoms with Gasteiger partial charge in [0.1, 0.15) is 0 Å². The molecule has 0 saturated carbocycles. The molecule has 0 aliphatic heterocycles. The van der Waals surface area contributed by atoms with Crippen molar-refractivity contribution in [2.45, 2.75) is 27.2 Å². The first-order chi connectivity index (χ1) is 6.20. The molecule has 1 rings (SSSR count). The van der Waals surface area contributed by atoms with Crippen molar-refractivity contribution in [1.29, 1.82) is 0 Å². The summed E-state index contributed by atoms with van der Waals surface area (Å²) in [6, 6.07) is 0. The molecule has 0 aromatic carbocycles. The van der Waals surface area contributed by atoms with Crippen molar-refractivity contribution in [3.63, 3.8) is 0 Å². The molecule has 1 aliphatic rings. The van der Waals surface area contributed by atoms with E-state index in [1.54, 1.807) is 19.1 Å². The summed E-state index contributed by atoms with van der Waals surface area (Å²) in [4.78, 5) is 10.9. The molecule has 0 radical (unpaired) electrons. The summed E-state index contributed by atoms with van der Waals surface area (Å²) in [6.45, 7) is 5.55. The van der Waals surface area contributed by atoms with Crippen LogP contribution < -0.4 is 5.73 Å². The lowest BCUT2D eigenvalue weighted by Crippen LogP contribution is -1.93. The van der Waals surface area contributed by atoms with E-state index in [0.717, 1.165) is 17.7 Å². The fraction of sp³-hybridized carbons (Fsp3) is 0.364. The van der Waals surface area contributed by atoms with E-state index in [1.807, 2.05) is 26.0 Å². The summed E-state index contributed by atoms with van der Waals surface area (Å²) in [5.41, 5.74) is 6.98. The minimum atomic E-state index is 0.0874. The van der Waals surface area contributed by atoms with Crippen LogP contribution in [0.1, 0.15) is 27.2 Å². The van der Waals surface area contributed by atoms with E-state index in [0.29, 0.717) is 0 Å². The Kier molecular flexibility index (Phi) is 5.60. The Morgan fingerprint density at radius 2 is 1.92 bits per heavy atom. The van der Waals surface area contributed by atoms with Gasteiger partial charge in [0.25, 0.3) is 0 Å². The van der Waals surface area contributed by atoms with Gasteiger partial charge in [-0.05, 0) is 25.5 Å². The standard InChI is InChI=1S/C9H11NO.C2H6/c1-7(11)8-3-2-4-9(10)6-5-8;1-2/h3-6H,2,10H2,1H3;1-2H3. The fourth-order valence-electron chi connectivity index (χ4n) is 0.905. The predicted octanol–water partition coefficient (Wildman–Crippen LogP) is 2.33. The lowest BCUT2D eigenvalue weighted by molar-refractivity contribution is -0.113. The Hall–Kier alpha value is -1.31. The minimum absolute atomic E-state index is 0.0874. The van der Waals surface area contributed by atoms with E-state index in [4.69, 9.17) is 5.73 Å². The van der Waals surface area contributed by atoms with Crippen molar-refractivity contribution in [3.05, 3.63) is 35.6 Å². The molecule has 0 bridgehead atoms. The lowest BCUT2D eigenvalue weighted by atomic mass is 10.1. The normalized spacial score (nSPS) is 14.7. The maximum Gasteiger partial charge on any atom is 0.159 e. The molecule has 13 heavy (non-hydrogen) atoms. The molecule has 0 aromatic rings. The van der Waals surface area contributed by atoms with Crippen LogP contribution in [0.3, 0.4) is 0 Å². The topological polar surface area (TPSA) is 43.1 Å². The Balaban J connectivity index is 0.000000671. The van der Waals surface area contributed by atoms with Gasteiger partial charge in [-0.15, -0.1) is 0 Å². The maximum absolute atomic E-state index is 10.9. The number of allylic oxidation sites excluding steroid dienone is 5. The molecule has 2 N–H and O–H groups in total. The zero-order valence-electron chi connectivity index (χ0n) is 8.50. The average molecular weight is 179 g/mol. The fourth-order valence-corrected chi connectivity index (χ4v) is 0.905. The van der Waals surface area contributed by atoms with Crippen molar-refractivity contribution in [2.24, 2.45) is 5.73 Å². The molecular formula is C11H17NO. The van der Waals surface area contributed by atoms with Crippen LogP contribution in [0, 0.1) is 0 Å². The summed E-state index contributed by atoms with van der Waals surface area (Å²) in [6.07, 6.45) is 8.00. The molecule has 0 atom stereocenters. The van der Waals surface area contributed by atoms with E-state index < -0.39 is 0 Å². The average Bonchev–Trinajstić information content (AvgIpc) is 2.33. The number of rotatable bonds is 1. The number of hydrogen-bond donors (Lipinski definition) is 1. The lowest BCUT2D eigenvalue weighted by Gasteiger charge is -1.90. The second-order valence-corrected chi connectivity index (χ2v) is 2.49. The Morgan fingerprint density at radius 3 is 2.46 bits per heavy atom. The molecule has 0 spiro atoms. The van der Waals surface area contributed by atoms with Crippen LogP contribution in [-0.4, -0.2) is 5.78 Å². The number of nitrogens with two attached hydrogens (primary N) is 1. The summed E-state index contributed by atoms with van der Waals surface area (Å²) in [7, 11) is 0. The molecule has 2 heteroatoms. The van der Waals surface area contributed by atoms with Crippen LogP contribution >= 0.6 is 0 Å². The second kappa shape index (κ2) is 6.23. The summed E-state index contributed by atoms with van der Waals surface area (Å²) in [5.74, 6) is 0.0874. The number of Topliss-reactive ketones (excluding diaryl/α,β-unsaturated/α-hetero) is 1. The number of ketones is 1. The highest BCUT2D eigenvalue weighted by Crippen LogP contribution is 2.07. The van der Waals surface area contributed by atoms with Crippen LogP contribution in [0.4, 0.5) is 0 Å². The van der Waals surface area contributed by atoms with Gasteiger partial charge in [-0.1, -0.05) is 26.0 Å². The summed E-state index contributed by atoms with van der Waals surface area (Å²) in [5, 5.41) is 0. The smallest absolute Gasteiger partial charge is 0.159 e. The van der Waals surface area contributed by atoms with E-state index in [1.165, 1.54) is 0 Å². The number of carbonyl (C=O) groups excluding carboxylic acids is 1. The molecule has 0 aromatic heterocycles. The summed E-state index contributed by atoms with van der Waals surface area (Å²) < 4.78 is 0. The quantitative estimate of drug-likeness (QED) is 0.671. The Morgan fingerprint density at radius 1 is 1.31 bits per heavy atom. The van der Waals surface area contributed by atoms with Crippen LogP contribution in [0.25, 0.3) is 0 Å². The molecular weight excluding hydrogens is 162 g/mol. The summed E-state index contributed by atoms with van der Waals surface area (Å²) >= 11 is 0. The van der Waals surface area contributed by atoms with Gasteiger partial charge in [0.15, 0.2) is 5.78 Å². The van der Waals surface area contributed by atoms with Crippen LogP contribution in [0.5, 0.6) is 0 Å². The molecule has 0 fully saturated rings. The largest absolute Gasteiger partial charge is 0.399 e. The highest BCUT2D eigenvalue weighted by molar-refractivity contribution is 5.96. The van der Waals surface area contributed by atoms with Crippen molar-refractivity contribution in [1.82, 2.24) is 0 Å². The van der Waals surface area contributed by atoms with Gasteiger partial charge < -0.3 is 5.73 Å². The van der Waals surface area contributed by atoms with Gasteiger partial charge in [0.05, 0.1) is 0 Å². The van der Waals surface area contributed by atoms with Crippen molar-refractivity contribution >= 4 is 5.78 Å². The van der Waals surface area contributed by atoms with Gasteiger partial charge in [-0.2, -0.15) is 0 Å². The van der Waals surface area contributed by atoms with Crippen LogP contribution in [-0.2, 0) is 4.79 Å². The number of carbonyl (C=O) groups is 1. The monoisotopic (exact) mass is 179 g/mol. The first-order valence-electron chi connectivity index (χ1n) is 4.55. The van der Waals surface area contributed by atoms with E-state index in [9.17, 15) is 4.79 Å². The first-order valence-corrected chi connectivity index (χ1v) is 4.55. The highest BCUT2D eigenvalue weighted by Gasteiger charge is 1.99. The molecule has 2 nitrogen and oxygen atoms in total. The molecule has 0 heterocycles. The van der Waals surface area contributed by atoms with Gasteiger partial charge in [-0.3, -0.25) is 4.79 Å². The molecule has 0 amide bonds. The molecule has 72 valence electrons. The maximum atomic E-state index is 10.9. The molecule has 1 aliphatic carbocycles. The van der Waals surface area contributed by atoms with E-state index in [-0.39, 0.29) is 5.78 Å². The minimum Gasteiger partial charge on any atom is -0.399 e. The third-order valence-electron chi connectivity index (χ3n) is 1.55. The first kappa shape index (κ1) is 11.7. The van der Waals surface area contributed by atoms with Crippen LogP contribution in [0.15, 0.2) is 35.6 Å². The zero-order valence-corrected chi connectivity index (χ0v) is 8.50. The van der Waals surface area contributed by atoms with Gasteiger partial charge in [0.2, 0.25) is 0 Å².